The van der Waals surface area contributed by atoms with Crippen LogP contribution in [-0.2, 0) is 0 Å². The van der Waals surface area contributed by atoms with E-state index < -0.39 is 11.8 Å². The number of aromatic carboxylic acids is 1. The van der Waals surface area contributed by atoms with Crippen LogP contribution in [0.15, 0.2) is 42.5 Å². The monoisotopic (exact) mass is 265 g/mol. The van der Waals surface area contributed by atoms with Crippen LogP contribution in [0.2, 0.25) is 5.02 Å². The molecule has 18 heavy (non-hydrogen) atoms. The van der Waals surface area contributed by atoms with Gasteiger partial charge < -0.3 is 10.4 Å². The lowest BCUT2D eigenvalue weighted by molar-refractivity contribution is 0.0697. The van der Waals surface area contributed by atoms with Crippen molar-refractivity contribution in [2.45, 2.75) is 0 Å². The molecule has 0 fully saturated rings. The molecule has 2 N–H and O–H groups in total. The number of carbonyl (C=O) groups is 1. The maximum atomic E-state index is 13.2. The van der Waals surface area contributed by atoms with Crippen molar-refractivity contribution >= 4 is 28.9 Å². The van der Waals surface area contributed by atoms with Crippen molar-refractivity contribution in [3.05, 3.63) is 58.9 Å². The highest BCUT2D eigenvalue weighted by atomic mass is 35.5. The zero-order chi connectivity index (χ0) is 13.1. The Bertz CT molecular complexity index is 584. The Morgan fingerprint density at radius 3 is 2.28 bits per heavy atom. The molecule has 3 nitrogen and oxygen atoms in total. The fourth-order valence-electron chi connectivity index (χ4n) is 1.44. The molecule has 0 saturated carbocycles. The molecule has 0 amide bonds. The number of rotatable bonds is 3. The van der Waals surface area contributed by atoms with Gasteiger partial charge in [-0.25, -0.2) is 9.18 Å². The minimum Gasteiger partial charge on any atom is -0.478 e. The second-order valence-corrected chi connectivity index (χ2v) is 4.04. The van der Waals surface area contributed by atoms with Crippen LogP contribution in [0.4, 0.5) is 15.8 Å². The van der Waals surface area contributed by atoms with Crippen LogP contribution in [-0.4, -0.2) is 11.1 Å². The molecule has 0 unspecified atom stereocenters. The summed E-state index contributed by atoms with van der Waals surface area (Å²) in [5.41, 5.74) is 1.41. The normalized spacial score (nSPS) is 10.1. The van der Waals surface area contributed by atoms with Crippen molar-refractivity contribution < 1.29 is 14.3 Å². The van der Waals surface area contributed by atoms with Crippen LogP contribution in [0.25, 0.3) is 0 Å². The van der Waals surface area contributed by atoms with Crippen molar-refractivity contribution in [2.24, 2.45) is 0 Å². The number of carboxylic acids is 1. The van der Waals surface area contributed by atoms with Crippen LogP contribution in [0.1, 0.15) is 10.4 Å². The smallest absolute Gasteiger partial charge is 0.335 e. The van der Waals surface area contributed by atoms with E-state index in [2.05, 4.69) is 5.32 Å². The van der Waals surface area contributed by atoms with Crippen molar-refractivity contribution in [3.63, 3.8) is 0 Å². The lowest BCUT2D eigenvalue weighted by atomic mass is 10.2. The SMILES string of the molecule is O=C(O)c1ccc(Nc2ccc(Cl)c(F)c2)cc1. The molecule has 0 radical (unpaired) electrons. The minimum absolute atomic E-state index is 0.0572. The van der Waals surface area contributed by atoms with Gasteiger partial charge in [-0.2, -0.15) is 0 Å². The van der Waals surface area contributed by atoms with Crippen LogP contribution in [0.5, 0.6) is 0 Å². The van der Waals surface area contributed by atoms with Gasteiger partial charge in [0.2, 0.25) is 0 Å². The van der Waals surface area contributed by atoms with Gasteiger partial charge in [-0.15, -0.1) is 0 Å². The third kappa shape index (κ3) is 2.78. The molecule has 2 aromatic carbocycles. The standard InChI is InChI=1S/C13H9ClFNO2/c14-11-6-5-10(7-12(11)15)16-9-3-1-8(2-4-9)13(17)18/h1-7,16H,(H,17,18). The molecular formula is C13H9ClFNO2. The molecule has 0 saturated heterocycles. The number of carboxylic acid groups (broad SMARTS) is 1. The quantitative estimate of drug-likeness (QED) is 0.884. The Kier molecular flexibility index (Phi) is 3.48. The van der Waals surface area contributed by atoms with Gasteiger partial charge >= 0.3 is 5.97 Å². The summed E-state index contributed by atoms with van der Waals surface area (Å²) in [6.07, 6.45) is 0. The summed E-state index contributed by atoms with van der Waals surface area (Å²) in [5, 5.41) is 11.8. The highest BCUT2D eigenvalue weighted by Gasteiger charge is 2.03. The van der Waals surface area contributed by atoms with Crippen molar-refractivity contribution in [1.29, 1.82) is 0 Å². The molecule has 0 bridgehead atoms. The molecule has 0 spiro atoms. The molecular weight excluding hydrogens is 257 g/mol. The lowest BCUT2D eigenvalue weighted by Crippen LogP contribution is -1.96. The van der Waals surface area contributed by atoms with Crippen LogP contribution in [0, 0.1) is 5.82 Å². The third-order valence-corrected chi connectivity index (χ3v) is 2.65. The third-order valence-electron chi connectivity index (χ3n) is 2.34. The van der Waals surface area contributed by atoms with E-state index in [0.29, 0.717) is 11.4 Å². The second kappa shape index (κ2) is 5.06. The van der Waals surface area contributed by atoms with E-state index in [1.54, 1.807) is 18.2 Å². The molecule has 2 rings (SSSR count). The molecule has 0 aromatic heterocycles. The topological polar surface area (TPSA) is 49.3 Å². The van der Waals surface area contributed by atoms with Crippen LogP contribution < -0.4 is 5.32 Å². The highest BCUT2D eigenvalue weighted by molar-refractivity contribution is 6.30. The number of hydrogen-bond donors (Lipinski definition) is 2. The number of anilines is 2. The van der Waals surface area contributed by atoms with E-state index >= 15 is 0 Å². The largest absolute Gasteiger partial charge is 0.478 e. The lowest BCUT2D eigenvalue weighted by Gasteiger charge is -2.07. The second-order valence-electron chi connectivity index (χ2n) is 3.64. The van der Waals surface area contributed by atoms with Gasteiger partial charge in [0.1, 0.15) is 5.82 Å². The fraction of sp³-hybridized carbons (Fsp3) is 0. The molecule has 5 heteroatoms. The summed E-state index contributed by atoms with van der Waals surface area (Å²) in [6.45, 7) is 0. The Morgan fingerprint density at radius 1 is 1.11 bits per heavy atom. The average Bonchev–Trinajstić information content (AvgIpc) is 2.34. The summed E-state index contributed by atoms with van der Waals surface area (Å²) in [4.78, 5) is 10.7. The first-order valence-corrected chi connectivity index (χ1v) is 5.49. The molecule has 0 aliphatic heterocycles. The van der Waals surface area contributed by atoms with Gasteiger partial charge in [-0.1, -0.05) is 11.6 Å². The molecule has 0 atom stereocenters. The van der Waals surface area contributed by atoms with Gasteiger partial charge in [0, 0.05) is 11.4 Å². The van der Waals surface area contributed by atoms with Crippen LogP contribution in [0.3, 0.4) is 0 Å². The molecule has 0 heterocycles. The predicted octanol–water partition coefficient (Wildman–Crippen LogP) is 3.92. The Labute approximate surface area is 108 Å². The first kappa shape index (κ1) is 12.4. The summed E-state index contributed by atoms with van der Waals surface area (Å²) < 4.78 is 13.2. The first-order chi connectivity index (χ1) is 8.56. The van der Waals surface area contributed by atoms with Gasteiger partial charge in [-0.05, 0) is 42.5 Å². The van der Waals surface area contributed by atoms with E-state index in [4.69, 9.17) is 16.7 Å². The average molecular weight is 266 g/mol. The van der Waals surface area contributed by atoms with E-state index in [0.717, 1.165) is 0 Å². The van der Waals surface area contributed by atoms with E-state index in [1.807, 2.05) is 0 Å². The van der Waals surface area contributed by atoms with Gasteiger partial charge in [0.25, 0.3) is 0 Å². The van der Waals surface area contributed by atoms with Gasteiger partial charge in [0.15, 0.2) is 0 Å². The maximum absolute atomic E-state index is 13.2. The Balaban J connectivity index is 2.18. The zero-order valence-corrected chi connectivity index (χ0v) is 9.91. The number of halogens is 2. The van der Waals surface area contributed by atoms with Gasteiger partial charge in [-0.3, -0.25) is 0 Å². The molecule has 0 aliphatic rings. The van der Waals surface area contributed by atoms with Crippen molar-refractivity contribution in [1.82, 2.24) is 0 Å². The summed E-state index contributed by atoms with van der Waals surface area (Å²) in [5.74, 6) is -1.50. The molecule has 92 valence electrons. The number of hydrogen-bond acceptors (Lipinski definition) is 2. The summed E-state index contributed by atoms with van der Waals surface area (Å²) in [6, 6.07) is 10.5. The number of nitrogens with one attached hydrogen (secondary N) is 1. The minimum atomic E-state index is -0.987. The zero-order valence-electron chi connectivity index (χ0n) is 9.15. The fourth-order valence-corrected chi connectivity index (χ4v) is 1.55. The first-order valence-electron chi connectivity index (χ1n) is 5.12. The van der Waals surface area contributed by atoms with Crippen molar-refractivity contribution in [3.8, 4) is 0 Å². The highest BCUT2D eigenvalue weighted by Crippen LogP contribution is 2.22. The number of benzene rings is 2. The Morgan fingerprint density at radius 2 is 1.72 bits per heavy atom. The van der Waals surface area contributed by atoms with Crippen LogP contribution >= 0.6 is 11.6 Å². The Hall–Kier alpha value is -2.07. The predicted molar refractivity (Wildman–Crippen MR) is 68.1 cm³/mol. The van der Waals surface area contributed by atoms with E-state index in [9.17, 15) is 9.18 Å². The van der Waals surface area contributed by atoms with E-state index in [-0.39, 0.29) is 10.6 Å². The van der Waals surface area contributed by atoms with E-state index in [1.165, 1.54) is 24.3 Å². The van der Waals surface area contributed by atoms with Crippen molar-refractivity contribution in [2.75, 3.05) is 5.32 Å². The van der Waals surface area contributed by atoms with Gasteiger partial charge in [0.05, 0.1) is 10.6 Å². The molecule has 0 aliphatic carbocycles. The summed E-state index contributed by atoms with van der Waals surface area (Å²) >= 11 is 5.57. The molecule has 2 aromatic rings. The summed E-state index contributed by atoms with van der Waals surface area (Å²) in [7, 11) is 0. The maximum Gasteiger partial charge on any atom is 0.335 e.